The van der Waals surface area contributed by atoms with E-state index in [-0.39, 0.29) is 5.84 Å². The summed E-state index contributed by atoms with van der Waals surface area (Å²) in [7, 11) is 0. The van der Waals surface area contributed by atoms with Gasteiger partial charge in [0.2, 0.25) is 0 Å². The molecule has 0 radical (unpaired) electrons. The Balaban J connectivity index is 2.65. The fourth-order valence-electron chi connectivity index (χ4n) is 1.40. The van der Waals surface area contributed by atoms with E-state index >= 15 is 0 Å². The van der Waals surface area contributed by atoms with Gasteiger partial charge in [-0.25, -0.2) is 4.68 Å². The normalized spacial score (nSPS) is 10.4. The molecule has 0 unspecified atom stereocenters. The highest BCUT2D eigenvalue weighted by Crippen LogP contribution is 2.23. The summed E-state index contributed by atoms with van der Waals surface area (Å²) in [6.45, 7) is 0. The van der Waals surface area contributed by atoms with Gasteiger partial charge in [-0.3, -0.25) is 5.41 Å². The van der Waals surface area contributed by atoms with Crippen LogP contribution in [0.2, 0.25) is 10.0 Å². The van der Waals surface area contributed by atoms with Gasteiger partial charge < -0.3 is 5.73 Å². The third-order valence-electron chi connectivity index (χ3n) is 2.06. The van der Waals surface area contributed by atoms with Crippen LogP contribution >= 0.6 is 23.2 Å². The van der Waals surface area contributed by atoms with Crippen LogP contribution < -0.4 is 5.73 Å². The van der Waals surface area contributed by atoms with E-state index in [9.17, 15) is 0 Å². The average molecular weight is 255 g/mol. The molecule has 0 saturated heterocycles. The van der Waals surface area contributed by atoms with Gasteiger partial charge in [0.1, 0.15) is 5.84 Å². The van der Waals surface area contributed by atoms with Gasteiger partial charge in [-0.05, 0) is 12.1 Å². The Hall–Kier alpha value is -1.52. The second-order valence-electron chi connectivity index (χ2n) is 3.15. The highest BCUT2D eigenvalue weighted by Gasteiger charge is 2.12. The molecule has 3 N–H and O–H groups in total. The first-order valence-corrected chi connectivity index (χ1v) is 5.18. The first-order chi connectivity index (χ1) is 7.59. The smallest absolute Gasteiger partial charge is 0.126 e. The van der Waals surface area contributed by atoms with Crippen molar-refractivity contribution >= 4 is 29.0 Å². The number of hydrogen-bond donors (Lipinski definition) is 2. The van der Waals surface area contributed by atoms with Crippen LogP contribution in [-0.2, 0) is 0 Å². The summed E-state index contributed by atoms with van der Waals surface area (Å²) in [4.78, 5) is 0. The molecule has 1 heterocycles. The van der Waals surface area contributed by atoms with Crippen molar-refractivity contribution in [3.63, 3.8) is 0 Å². The summed E-state index contributed by atoms with van der Waals surface area (Å²) >= 11 is 11.8. The van der Waals surface area contributed by atoms with Crippen LogP contribution in [0, 0.1) is 5.41 Å². The first-order valence-electron chi connectivity index (χ1n) is 4.43. The van der Waals surface area contributed by atoms with Crippen LogP contribution in [0.4, 0.5) is 0 Å². The molecule has 4 nitrogen and oxygen atoms in total. The molecule has 0 atom stereocenters. The summed E-state index contributed by atoms with van der Waals surface area (Å²) in [5, 5.41) is 12.5. The minimum absolute atomic E-state index is 0.104. The predicted octanol–water partition coefficient (Wildman–Crippen LogP) is 2.46. The molecule has 0 aliphatic rings. The molecule has 0 bridgehead atoms. The number of benzene rings is 1. The second-order valence-corrected chi connectivity index (χ2v) is 3.99. The summed E-state index contributed by atoms with van der Waals surface area (Å²) in [6, 6.07) is 5.21. The summed E-state index contributed by atoms with van der Waals surface area (Å²) in [5.41, 5.74) is 6.56. The summed E-state index contributed by atoms with van der Waals surface area (Å²) in [6.07, 6.45) is 3.13. The monoisotopic (exact) mass is 254 g/mol. The summed E-state index contributed by atoms with van der Waals surface area (Å²) in [5.74, 6) is -0.104. The van der Waals surface area contributed by atoms with Crippen molar-refractivity contribution < 1.29 is 0 Å². The van der Waals surface area contributed by atoms with Crippen LogP contribution in [0.5, 0.6) is 0 Å². The molecule has 0 spiro atoms. The van der Waals surface area contributed by atoms with Gasteiger partial charge >= 0.3 is 0 Å². The summed E-state index contributed by atoms with van der Waals surface area (Å²) < 4.78 is 1.53. The molecule has 0 saturated carbocycles. The average Bonchev–Trinajstić information content (AvgIpc) is 2.63. The fraction of sp³-hybridized carbons (Fsp3) is 0. The largest absolute Gasteiger partial charge is 0.384 e. The third-order valence-corrected chi connectivity index (χ3v) is 2.57. The van der Waals surface area contributed by atoms with Crippen molar-refractivity contribution in [1.29, 1.82) is 5.41 Å². The second kappa shape index (κ2) is 4.15. The highest BCUT2D eigenvalue weighted by molar-refractivity contribution is 6.34. The lowest BCUT2D eigenvalue weighted by atomic mass is 10.1. The van der Waals surface area contributed by atoms with Crippen LogP contribution in [0.1, 0.15) is 5.56 Å². The van der Waals surface area contributed by atoms with E-state index < -0.39 is 0 Å². The molecule has 2 aromatic rings. The maximum atomic E-state index is 7.49. The predicted molar refractivity (Wildman–Crippen MR) is 64.6 cm³/mol. The number of rotatable bonds is 2. The van der Waals surface area contributed by atoms with E-state index in [1.807, 2.05) is 0 Å². The number of amidine groups is 1. The minimum atomic E-state index is -0.104. The van der Waals surface area contributed by atoms with Crippen molar-refractivity contribution in [2.75, 3.05) is 0 Å². The first kappa shape index (κ1) is 11.0. The number of halogens is 2. The lowest BCUT2D eigenvalue weighted by molar-refractivity contribution is 0.878. The Morgan fingerprint density at radius 3 is 2.69 bits per heavy atom. The lowest BCUT2D eigenvalue weighted by Crippen LogP contribution is -2.15. The van der Waals surface area contributed by atoms with Crippen LogP contribution in [0.25, 0.3) is 5.69 Å². The van der Waals surface area contributed by atoms with E-state index in [0.29, 0.717) is 21.3 Å². The SMILES string of the molecule is N=C(N)c1c(Cl)cccc1-n1cc(Cl)cn1. The number of nitrogens with zero attached hydrogens (tertiary/aromatic N) is 2. The van der Waals surface area contributed by atoms with E-state index in [2.05, 4.69) is 5.10 Å². The standard InChI is InChI=1S/C10H8Cl2N4/c11-6-4-15-16(5-6)8-3-1-2-7(12)9(8)10(13)14/h1-5H,(H3,13,14). The molecule has 82 valence electrons. The van der Waals surface area contributed by atoms with Gasteiger partial charge in [0.15, 0.2) is 0 Å². The van der Waals surface area contributed by atoms with Crippen molar-refractivity contribution in [2.24, 2.45) is 5.73 Å². The van der Waals surface area contributed by atoms with Gasteiger partial charge in [0.05, 0.1) is 27.5 Å². The molecule has 0 amide bonds. The molecule has 0 aliphatic carbocycles. The Morgan fingerprint density at radius 1 is 1.38 bits per heavy atom. The van der Waals surface area contributed by atoms with Gasteiger partial charge in [-0.2, -0.15) is 5.10 Å². The van der Waals surface area contributed by atoms with Gasteiger partial charge in [0.25, 0.3) is 0 Å². The lowest BCUT2D eigenvalue weighted by Gasteiger charge is -2.09. The topological polar surface area (TPSA) is 67.7 Å². The number of nitrogens with one attached hydrogen (secondary N) is 1. The third kappa shape index (κ3) is 1.89. The van der Waals surface area contributed by atoms with Crippen molar-refractivity contribution in [2.45, 2.75) is 0 Å². The number of nitrogen functional groups attached to an aromatic ring is 1. The zero-order chi connectivity index (χ0) is 11.7. The molecule has 2 rings (SSSR count). The maximum Gasteiger partial charge on any atom is 0.126 e. The van der Waals surface area contributed by atoms with Gasteiger partial charge in [-0.15, -0.1) is 0 Å². The van der Waals surface area contributed by atoms with Crippen LogP contribution in [-0.4, -0.2) is 15.6 Å². The fourth-order valence-corrected chi connectivity index (χ4v) is 1.81. The van der Waals surface area contributed by atoms with Crippen LogP contribution in [0.15, 0.2) is 30.6 Å². The quantitative estimate of drug-likeness (QED) is 0.639. The van der Waals surface area contributed by atoms with Crippen molar-refractivity contribution in [3.8, 4) is 5.69 Å². The molecule has 0 fully saturated rings. The van der Waals surface area contributed by atoms with E-state index in [0.717, 1.165) is 0 Å². The minimum Gasteiger partial charge on any atom is -0.384 e. The number of aromatic nitrogens is 2. The molecular formula is C10H8Cl2N4. The molecule has 1 aromatic heterocycles. The Bertz CT molecular complexity index is 548. The maximum absolute atomic E-state index is 7.49. The highest BCUT2D eigenvalue weighted by atomic mass is 35.5. The molecule has 1 aromatic carbocycles. The number of nitrogens with two attached hydrogens (primary N) is 1. The Morgan fingerprint density at radius 2 is 2.12 bits per heavy atom. The zero-order valence-corrected chi connectivity index (χ0v) is 9.63. The van der Waals surface area contributed by atoms with Crippen molar-refractivity contribution in [3.05, 3.63) is 46.2 Å². The number of hydrogen-bond acceptors (Lipinski definition) is 2. The van der Waals surface area contributed by atoms with Crippen molar-refractivity contribution in [1.82, 2.24) is 9.78 Å². The molecule has 16 heavy (non-hydrogen) atoms. The Kier molecular flexibility index (Phi) is 2.85. The zero-order valence-electron chi connectivity index (χ0n) is 8.11. The van der Waals surface area contributed by atoms with E-state index in [1.165, 1.54) is 10.9 Å². The van der Waals surface area contributed by atoms with Crippen LogP contribution in [0.3, 0.4) is 0 Å². The van der Waals surface area contributed by atoms with E-state index in [1.54, 1.807) is 24.4 Å². The van der Waals surface area contributed by atoms with E-state index in [4.69, 9.17) is 34.3 Å². The van der Waals surface area contributed by atoms with Gasteiger partial charge in [0, 0.05) is 6.20 Å². The molecule has 0 aliphatic heterocycles. The van der Waals surface area contributed by atoms with Gasteiger partial charge in [-0.1, -0.05) is 29.3 Å². The molecule has 6 heteroatoms. The molecular weight excluding hydrogens is 247 g/mol. The Labute approximate surface area is 102 Å².